The largest absolute Gasteiger partial charge is 0.478 e. The lowest BCUT2D eigenvalue weighted by molar-refractivity contribution is 0.0691. The number of hydrogen-bond acceptors (Lipinski definition) is 4. The van der Waals surface area contributed by atoms with E-state index in [1.165, 1.54) is 14.0 Å². The molecule has 0 aliphatic rings. The lowest BCUT2D eigenvalue weighted by Gasteiger charge is -2.14. The van der Waals surface area contributed by atoms with Crippen LogP contribution in [0.25, 0.3) is 0 Å². The molecule has 0 bridgehead atoms. The van der Waals surface area contributed by atoms with E-state index in [0.29, 0.717) is 0 Å². The van der Waals surface area contributed by atoms with Crippen LogP contribution in [0.2, 0.25) is 0 Å². The predicted octanol–water partition coefficient (Wildman–Crippen LogP) is 1.15. The van der Waals surface area contributed by atoms with E-state index in [1.54, 1.807) is 6.92 Å². The van der Waals surface area contributed by atoms with Gasteiger partial charge in [-0.15, -0.1) is 0 Å². The summed E-state index contributed by atoms with van der Waals surface area (Å²) in [6, 6.07) is 1.39. The van der Waals surface area contributed by atoms with Gasteiger partial charge in [-0.1, -0.05) is 0 Å². The van der Waals surface area contributed by atoms with Crippen LogP contribution in [0.1, 0.15) is 22.8 Å². The van der Waals surface area contributed by atoms with Crippen molar-refractivity contribution in [2.75, 3.05) is 13.7 Å². The zero-order valence-corrected chi connectivity index (χ0v) is 12.1. The minimum absolute atomic E-state index is 0.0512. The molecule has 1 atom stereocenters. The monoisotopic (exact) mass is 305 g/mol. The van der Waals surface area contributed by atoms with Gasteiger partial charge < -0.3 is 9.84 Å². The van der Waals surface area contributed by atoms with Gasteiger partial charge in [-0.25, -0.2) is 22.3 Å². The van der Waals surface area contributed by atoms with Gasteiger partial charge in [0.15, 0.2) is 0 Å². The molecule has 0 aliphatic carbocycles. The first-order chi connectivity index (χ1) is 9.19. The van der Waals surface area contributed by atoms with Gasteiger partial charge in [0.1, 0.15) is 5.82 Å². The van der Waals surface area contributed by atoms with Crippen molar-refractivity contribution < 1.29 is 27.4 Å². The number of methoxy groups -OCH3 is 1. The first-order valence-electron chi connectivity index (χ1n) is 5.73. The Morgan fingerprint density at radius 2 is 2.10 bits per heavy atom. The molecule has 0 saturated heterocycles. The summed E-state index contributed by atoms with van der Waals surface area (Å²) in [6.45, 7) is 3.06. The number of benzene rings is 1. The summed E-state index contributed by atoms with van der Waals surface area (Å²) < 4.78 is 44.9. The second-order valence-electron chi connectivity index (χ2n) is 4.38. The lowest BCUT2D eigenvalue weighted by atomic mass is 10.1. The van der Waals surface area contributed by atoms with Gasteiger partial charge in [0.25, 0.3) is 0 Å². The maximum Gasteiger partial charge on any atom is 0.338 e. The molecule has 8 heteroatoms. The van der Waals surface area contributed by atoms with Crippen molar-refractivity contribution in [2.24, 2.45) is 0 Å². The number of hydrogen-bond donors (Lipinski definition) is 2. The van der Waals surface area contributed by atoms with E-state index in [1.807, 2.05) is 0 Å². The second-order valence-corrected chi connectivity index (χ2v) is 6.10. The van der Waals surface area contributed by atoms with Crippen molar-refractivity contribution >= 4 is 16.0 Å². The summed E-state index contributed by atoms with van der Waals surface area (Å²) in [4.78, 5) is 10.6. The molecule has 6 nitrogen and oxygen atoms in total. The minimum Gasteiger partial charge on any atom is -0.478 e. The second kappa shape index (κ2) is 6.29. The van der Waals surface area contributed by atoms with E-state index in [2.05, 4.69) is 4.72 Å². The van der Waals surface area contributed by atoms with E-state index in [-0.39, 0.29) is 17.1 Å². The number of rotatable bonds is 6. The molecule has 20 heavy (non-hydrogen) atoms. The van der Waals surface area contributed by atoms with E-state index < -0.39 is 33.4 Å². The molecular weight excluding hydrogens is 289 g/mol. The highest BCUT2D eigenvalue weighted by Crippen LogP contribution is 2.19. The molecule has 1 aromatic carbocycles. The van der Waals surface area contributed by atoms with Crippen LogP contribution in [-0.2, 0) is 14.8 Å². The van der Waals surface area contributed by atoms with Crippen molar-refractivity contribution in [1.82, 2.24) is 4.72 Å². The maximum atomic E-state index is 13.6. The van der Waals surface area contributed by atoms with Crippen molar-refractivity contribution in [3.8, 4) is 0 Å². The smallest absolute Gasteiger partial charge is 0.338 e. The Balaban J connectivity index is 3.22. The molecule has 112 valence electrons. The summed E-state index contributed by atoms with van der Waals surface area (Å²) in [6.07, 6.45) is 0. The van der Waals surface area contributed by atoms with Crippen LogP contribution in [0.3, 0.4) is 0 Å². The molecule has 0 aromatic heterocycles. The Bertz CT molecular complexity index is 615. The molecule has 1 aromatic rings. The average molecular weight is 305 g/mol. The number of sulfonamides is 1. The topological polar surface area (TPSA) is 92.7 Å². The fourth-order valence-corrected chi connectivity index (χ4v) is 3.00. The molecule has 1 unspecified atom stereocenters. The van der Waals surface area contributed by atoms with Gasteiger partial charge in [-0.3, -0.25) is 0 Å². The SMILES string of the molecule is COCC(C)NS(=O)(=O)c1cc(C)c(F)c(C(=O)O)c1. The number of carboxylic acids is 1. The van der Waals surface area contributed by atoms with Crippen LogP contribution < -0.4 is 4.72 Å². The fraction of sp³-hybridized carbons (Fsp3) is 0.417. The van der Waals surface area contributed by atoms with Gasteiger partial charge in [0, 0.05) is 13.2 Å². The molecule has 0 aliphatic heterocycles. The van der Waals surface area contributed by atoms with Gasteiger partial charge >= 0.3 is 5.97 Å². The van der Waals surface area contributed by atoms with Gasteiger partial charge in [-0.05, 0) is 31.5 Å². The Kier molecular flexibility index (Phi) is 5.21. The standard InChI is InChI=1S/C12H16FNO5S/c1-7-4-9(5-10(11(7)13)12(15)16)20(17,18)14-8(2)6-19-3/h4-5,8,14H,6H2,1-3H3,(H,15,16). The minimum atomic E-state index is -3.94. The summed E-state index contributed by atoms with van der Waals surface area (Å²) in [7, 11) is -2.51. The van der Waals surface area contributed by atoms with Crippen LogP contribution in [-0.4, -0.2) is 39.3 Å². The van der Waals surface area contributed by atoms with Crippen LogP contribution in [0.5, 0.6) is 0 Å². The van der Waals surface area contributed by atoms with Gasteiger partial charge in [0.05, 0.1) is 17.1 Å². The van der Waals surface area contributed by atoms with Crippen LogP contribution >= 0.6 is 0 Å². The number of aromatic carboxylic acids is 1. The summed E-state index contributed by atoms with van der Waals surface area (Å²) in [5.74, 6) is -2.46. The Morgan fingerprint density at radius 3 is 2.60 bits per heavy atom. The Hall–Kier alpha value is -1.51. The zero-order chi connectivity index (χ0) is 15.5. The molecule has 0 saturated carbocycles. The number of nitrogens with one attached hydrogen (secondary N) is 1. The molecular formula is C12H16FNO5S. The van der Waals surface area contributed by atoms with Crippen LogP contribution in [0, 0.1) is 12.7 Å². The first-order valence-corrected chi connectivity index (χ1v) is 7.22. The van der Waals surface area contributed by atoms with Crippen molar-refractivity contribution in [3.63, 3.8) is 0 Å². The molecule has 0 amide bonds. The molecule has 0 spiro atoms. The van der Waals surface area contributed by atoms with E-state index >= 15 is 0 Å². The quantitative estimate of drug-likeness (QED) is 0.822. The predicted molar refractivity (Wildman–Crippen MR) is 69.8 cm³/mol. The number of ether oxygens (including phenoxy) is 1. The molecule has 1 rings (SSSR count). The van der Waals surface area contributed by atoms with Gasteiger partial charge in [0.2, 0.25) is 10.0 Å². The molecule has 2 N–H and O–H groups in total. The number of carbonyl (C=O) groups is 1. The first kappa shape index (κ1) is 16.5. The van der Waals surface area contributed by atoms with E-state index in [9.17, 15) is 17.6 Å². The lowest BCUT2D eigenvalue weighted by Crippen LogP contribution is -2.35. The normalized spacial score (nSPS) is 13.2. The van der Waals surface area contributed by atoms with E-state index in [0.717, 1.165) is 12.1 Å². The number of aryl methyl sites for hydroxylation is 1. The van der Waals surface area contributed by atoms with Crippen LogP contribution in [0.15, 0.2) is 17.0 Å². The summed E-state index contributed by atoms with van der Waals surface area (Å²) in [5.41, 5.74) is -0.727. The Morgan fingerprint density at radius 1 is 1.50 bits per heavy atom. The summed E-state index contributed by atoms with van der Waals surface area (Å²) >= 11 is 0. The third-order valence-corrected chi connectivity index (χ3v) is 4.11. The van der Waals surface area contributed by atoms with E-state index in [4.69, 9.17) is 9.84 Å². The van der Waals surface area contributed by atoms with Crippen molar-refractivity contribution in [2.45, 2.75) is 24.8 Å². The van der Waals surface area contributed by atoms with Crippen LogP contribution in [0.4, 0.5) is 4.39 Å². The molecule has 0 fully saturated rings. The Labute approximate surface area is 116 Å². The van der Waals surface area contributed by atoms with Crippen molar-refractivity contribution in [1.29, 1.82) is 0 Å². The number of carboxylic acid groups (broad SMARTS) is 1. The maximum absolute atomic E-state index is 13.6. The molecule has 0 radical (unpaired) electrons. The zero-order valence-electron chi connectivity index (χ0n) is 11.3. The van der Waals surface area contributed by atoms with Gasteiger partial charge in [-0.2, -0.15) is 0 Å². The van der Waals surface area contributed by atoms with Crippen molar-refractivity contribution in [3.05, 3.63) is 29.1 Å². The average Bonchev–Trinajstić information content (AvgIpc) is 2.31. The summed E-state index contributed by atoms with van der Waals surface area (Å²) in [5, 5.41) is 8.87. The highest BCUT2D eigenvalue weighted by molar-refractivity contribution is 7.89. The highest BCUT2D eigenvalue weighted by atomic mass is 32.2. The third kappa shape index (κ3) is 3.75. The number of halogens is 1. The molecule has 0 heterocycles. The fourth-order valence-electron chi connectivity index (χ4n) is 1.66. The highest BCUT2D eigenvalue weighted by Gasteiger charge is 2.22. The third-order valence-electron chi connectivity index (χ3n) is 2.54.